The van der Waals surface area contributed by atoms with Crippen LogP contribution in [0, 0.1) is 0 Å². The Labute approximate surface area is 196 Å². The van der Waals surface area contributed by atoms with Crippen LogP contribution in [0.25, 0.3) is 5.76 Å². The lowest BCUT2D eigenvalue weighted by Gasteiger charge is -2.25. The number of rotatable bonds is 8. The molecule has 1 atom stereocenters. The zero-order chi connectivity index (χ0) is 23.4. The number of amides is 1. The average Bonchev–Trinajstić information content (AvgIpc) is 3.43. The molecule has 0 aliphatic carbocycles. The molecule has 1 amide bonds. The Balaban J connectivity index is 1.71. The van der Waals surface area contributed by atoms with Gasteiger partial charge in [-0.2, -0.15) is 0 Å². The SMILES string of the molecule is CCOc1ccc(C(O)=C2C(=O)C(=O)N(CCCn3ccnc3)[C@H]2c2ccncc2)cc1Cl. The molecule has 2 aromatic heterocycles. The van der Waals surface area contributed by atoms with E-state index in [9.17, 15) is 14.7 Å². The van der Waals surface area contributed by atoms with Crippen molar-refractivity contribution in [3.63, 3.8) is 0 Å². The van der Waals surface area contributed by atoms with Crippen molar-refractivity contribution in [2.75, 3.05) is 13.2 Å². The quantitative estimate of drug-likeness (QED) is 0.308. The van der Waals surface area contributed by atoms with Gasteiger partial charge in [-0.1, -0.05) is 11.6 Å². The van der Waals surface area contributed by atoms with Gasteiger partial charge < -0.3 is 19.3 Å². The number of aromatic nitrogens is 3. The smallest absolute Gasteiger partial charge is 0.295 e. The van der Waals surface area contributed by atoms with Gasteiger partial charge in [-0.15, -0.1) is 0 Å². The van der Waals surface area contributed by atoms with Crippen molar-refractivity contribution < 1.29 is 19.4 Å². The summed E-state index contributed by atoms with van der Waals surface area (Å²) in [5, 5.41) is 11.4. The summed E-state index contributed by atoms with van der Waals surface area (Å²) in [5.41, 5.74) is 1.04. The zero-order valence-corrected chi connectivity index (χ0v) is 18.8. The fourth-order valence-electron chi connectivity index (χ4n) is 3.92. The topological polar surface area (TPSA) is 97.6 Å². The molecule has 33 heavy (non-hydrogen) atoms. The van der Waals surface area contributed by atoms with E-state index in [1.807, 2.05) is 17.7 Å². The van der Waals surface area contributed by atoms with E-state index in [4.69, 9.17) is 16.3 Å². The molecule has 0 radical (unpaired) electrons. The number of pyridine rings is 1. The number of ketones is 1. The maximum atomic E-state index is 13.1. The Morgan fingerprint density at radius 1 is 1.12 bits per heavy atom. The molecule has 0 spiro atoms. The summed E-state index contributed by atoms with van der Waals surface area (Å²) >= 11 is 6.29. The summed E-state index contributed by atoms with van der Waals surface area (Å²) in [7, 11) is 0. The van der Waals surface area contributed by atoms with Crippen molar-refractivity contribution in [2.45, 2.75) is 25.9 Å². The monoisotopic (exact) mass is 466 g/mol. The van der Waals surface area contributed by atoms with E-state index in [0.29, 0.717) is 48.0 Å². The molecule has 3 aromatic rings. The number of ether oxygens (including phenoxy) is 1. The van der Waals surface area contributed by atoms with Crippen LogP contribution in [0.1, 0.15) is 30.5 Å². The predicted octanol–water partition coefficient (Wildman–Crippen LogP) is 3.84. The summed E-state index contributed by atoms with van der Waals surface area (Å²) in [6, 6.07) is 7.50. The maximum Gasteiger partial charge on any atom is 0.295 e. The van der Waals surface area contributed by atoms with E-state index in [0.717, 1.165) is 0 Å². The highest BCUT2D eigenvalue weighted by Crippen LogP contribution is 2.40. The molecule has 3 heterocycles. The third kappa shape index (κ3) is 4.61. The summed E-state index contributed by atoms with van der Waals surface area (Å²) in [5.74, 6) is -1.19. The highest BCUT2D eigenvalue weighted by molar-refractivity contribution is 6.46. The maximum absolute atomic E-state index is 13.1. The molecule has 1 aliphatic heterocycles. The Morgan fingerprint density at radius 3 is 2.58 bits per heavy atom. The molecule has 9 heteroatoms. The van der Waals surface area contributed by atoms with Crippen molar-refractivity contribution in [2.24, 2.45) is 0 Å². The lowest BCUT2D eigenvalue weighted by Crippen LogP contribution is -2.31. The summed E-state index contributed by atoms with van der Waals surface area (Å²) in [6.07, 6.45) is 9.02. The highest BCUT2D eigenvalue weighted by Gasteiger charge is 2.45. The van der Waals surface area contributed by atoms with E-state index in [1.54, 1.807) is 49.2 Å². The minimum absolute atomic E-state index is 0.0223. The second kappa shape index (κ2) is 9.87. The molecule has 170 valence electrons. The van der Waals surface area contributed by atoms with E-state index in [1.165, 1.54) is 11.0 Å². The number of aliphatic hydroxyl groups is 1. The van der Waals surface area contributed by atoms with Gasteiger partial charge in [-0.3, -0.25) is 14.6 Å². The van der Waals surface area contributed by atoms with Crippen LogP contribution < -0.4 is 4.74 Å². The van der Waals surface area contributed by atoms with Gasteiger partial charge >= 0.3 is 0 Å². The van der Waals surface area contributed by atoms with E-state index in [-0.39, 0.29) is 11.3 Å². The van der Waals surface area contributed by atoms with Gasteiger partial charge in [0.1, 0.15) is 11.5 Å². The van der Waals surface area contributed by atoms with Crippen LogP contribution in [0.15, 0.2) is 67.0 Å². The first kappa shape index (κ1) is 22.5. The number of carbonyl (C=O) groups excluding carboxylic acids is 2. The second-order valence-corrected chi connectivity index (χ2v) is 7.91. The zero-order valence-electron chi connectivity index (χ0n) is 18.0. The molecule has 1 saturated heterocycles. The number of likely N-dealkylation sites (tertiary alicyclic amines) is 1. The minimum Gasteiger partial charge on any atom is -0.507 e. The summed E-state index contributed by atoms with van der Waals surface area (Å²) < 4.78 is 7.35. The Hall–Kier alpha value is -3.65. The first-order valence-electron chi connectivity index (χ1n) is 10.6. The molecule has 0 bridgehead atoms. The standard InChI is InChI=1S/C24H23ClN4O4/c1-2-33-19-5-4-17(14-18(19)25)22(30)20-21(16-6-8-26-9-7-16)29(24(32)23(20)31)12-3-11-28-13-10-27-15-28/h4-10,13-15,21,30H,2-3,11-12H2,1H3/t21-/m0/s1. The molecule has 1 aromatic carbocycles. The van der Waals surface area contributed by atoms with Crippen molar-refractivity contribution in [1.82, 2.24) is 19.4 Å². The molecule has 8 nitrogen and oxygen atoms in total. The molecule has 1 N–H and O–H groups in total. The molecule has 0 saturated carbocycles. The van der Waals surface area contributed by atoms with Gasteiger partial charge in [-0.25, -0.2) is 4.98 Å². The second-order valence-electron chi connectivity index (χ2n) is 7.51. The summed E-state index contributed by atoms with van der Waals surface area (Å²) in [4.78, 5) is 35.6. The average molecular weight is 467 g/mol. The third-order valence-electron chi connectivity index (χ3n) is 5.44. The van der Waals surface area contributed by atoms with Gasteiger partial charge in [0.15, 0.2) is 0 Å². The number of Topliss-reactive ketones (excluding diaryl/α,β-unsaturated/α-hetero) is 1. The number of imidazole rings is 1. The van der Waals surface area contributed by atoms with Crippen LogP contribution in [0.2, 0.25) is 5.02 Å². The minimum atomic E-state index is -0.735. The van der Waals surface area contributed by atoms with Crippen molar-refractivity contribution >= 4 is 29.1 Å². The van der Waals surface area contributed by atoms with Gasteiger partial charge in [0.25, 0.3) is 11.7 Å². The number of aliphatic hydroxyl groups excluding tert-OH is 1. The Morgan fingerprint density at radius 2 is 1.91 bits per heavy atom. The predicted molar refractivity (Wildman–Crippen MR) is 123 cm³/mol. The van der Waals surface area contributed by atoms with Crippen LogP contribution >= 0.6 is 11.6 Å². The van der Waals surface area contributed by atoms with Gasteiger partial charge in [0, 0.05) is 43.4 Å². The number of aryl methyl sites for hydroxylation is 1. The van der Waals surface area contributed by atoms with Gasteiger partial charge in [0.05, 0.1) is 29.6 Å². The molecule has 1 aliphatic rings. The number of hydrogen-bond acceptors (Lipinski definition) is 6. The van der Waals surface area contributed by atoms with E-state index < -0.39 is 17.7 Å². The molecule has 0 unspecified atom stereocenters. The van der Waals surface area contributed by atoms with E-state index >= 15 is 0 Å². The first-order chi connectivity index (χ1) is 16.0. The molecule has 4 rings (SSSR count). The van der Waals surface area contributed by atoms with Crippen LogP contribution in [-0.4, -0.2) is 49.4 Å². The summed E-state index contributed by atoms with van der Waals surface area (Å²) in [6.45, 7) is 3.25. The Bertz CT molecular complexity index is 1180. The van der Waals surface area contributed by atoms with Gasteiger partial charge in [0.2, 0.25) is 0 Å². The number of hydrogen-bond donors (Lipinski definition) is 1. The van der Waals surface area contributed by atoms with Crippen molar-refractivity contribution in [1.29, 1.82) is 0 Å². The van der Waals surface area contributed by atoms with Crippen molar-refractivity contribution in [3.8, 4) is 5.75 Å². The van der Waals surface area contributed by atoms with Crippen molar-refractivity contribution in [3.05, 3.63) is 83.2 Å². The number of carbonyl (C=O) groups is 2. The first-order valence-corrected chi connectivity index (χ1v) is 11.0. The highest BCUT2D eigenvalue weighted by atomic mass is 35.5. The van der Waals surface area contributed by atoms with Crippen LogP contribution in [0.3, 0.4) is 0 Å². The lowest BCUT2D eigenvalue weighted by atomic mass is 9.96. The lowest BCUT2D eigenvalue weighted by molar-refractivity contribution is -0.139. The fourth-order valence-corrected chi connectivity index (χ4v) is 4.16. The van der Waals surface area contributed by atoms with Crippen LogP contribution in [0.4, 0.5) is 0 Å². The van der Waals surface area contributed by atoms with Crippen LogP contribution in [-0.2, 0) is 16.1 Å². The van der Waals surface area contributed by atoms with Crippen LogP contribution in [0.5, 0.6) is 5.75 Å². The number of benzene rings is 1. The number of halogens is 1. The normalized spacial score (nSPS) is 17.5. The third-order valence-corrected chi connectivity index (χ3v) is 5.74. The van der Waals surface area contributed by atoms with E-state index in [2.05, 4.69) is 9.97 Å². The molecular weight excluding hydrogens is 444 g/mol. The Kier molecular flexibility index (Phi) is 6.74. The molecular formula is C24H23ClN4O4. The van der Waals surface area contributed by atoms with Gasteiger partial charge in [-0.05, 0) is 49.2 Å². The molecule has 1 fully saturated rings. The largest absolute Gasteiger partial charge is 0.507 e. The fraction of sp³-hybridized carbons (Fsp3) is 0.250. The number of nitrogens with zero attached hydrogens (tertiary/aromatic N) is 4.